The second kappa shape index (κ2) is 11.6. The highest BCUT2D eigenvalue weighted by molar-refractivity contribution is 6.25. The van der Waals surface area contributed by atoms with Crippen LogP contribution in [0.15, 0.2) is 41.9 Å². The summed E-state index contributed by atoms with van der Waals surface area (Å²) >= 11 is 5.58. The Morgan fingerprint density at radius 3 is 2.59 bits per heavy atom. The van der Waals surface area contributed by atoms with Crippen LogP contribution in [0.1, 0.15) is 25.3 Å². The van der Waals surface area contributed by atoms with Crippen molar-refractivity contribution in [3.05, 3.63) is 47.5 Å². The molecule has 22 heavy (non-hydrogen) atoms. The van der Waals surface area contributed by atoms with Crippen molar-refractivity contribution in [3.8, 4) is 0 Å². The zero-order valence-corrected chi connectivity index (χ0v) is 14.1. The Labute approximate surface area is 138 Å². The Morgan fingerprint density at radius 1 is 1.14 bits per heavy atom. The van der Waals surface area contributed by atoms with Crippen LogP contribution in [0.3, 0.4) is 0 Å². The predicted octanol–water partition coefficient (Wildman–Crippen LogP) is 4.09. The number of ether oxygens (including phenoxy) is 4. The maximum atomic E-state index is 5.70. The minimum absolute atomic E-state index is 0.247. The predicted molar refractivity (Wildman–Crippen MR) is 87.6 cm³/mol. The third kappa shape index (κ3) is 8.51. The molecule has 0 bridgehead atoms. The summed E-state index contributed by atoms with van der Waals surface area (Å²) < 4.78 is 21.7. The molecule has 0 saturated carbocycles. The minimum atomic E-state index is -0.360. The number of rotatable bonds is 12. The van der Waals surface area contributed by atoms with Crippen molar-refractivity contribution in [2.45, 2.75) is 32.0 Å². The molecule has 0 amide bonds. The lowest BCUT2D eigenvalue weighted by Gasteiger charge is -2.28. The van der Waals surface area contributed by atoms with Crippen LogP contribution in [0.4, 0.5) is 0 Å². The zero-order valence-electron chi connectivity index (χ0n) is 13.3. The zero-order chi connectivity index (χ0) is 16.1. The quantitative estimate of drug-likeness (QED) is 0.428. The van der Waals surface area contributed by atoms with Crippen LogP contribution in [0.25, 0.3) is 0 Å². The molecule has 0 aliphatic carbocycles. The Balaban J connectivity index is 2.19. The molecule has 124 valence electrons. The Morgan fingerprint density at radius 2 is 1.91 bits per heavy atom. The van der Waals surface area contributed by atoms with Gasteiger partial charge in [0, 0.05) is 19.1 Å². The lowest BCUT2D eigenvalue weighted by Crippen LogP contribution is -2.31. The molecule has 5 heteroatoms. The molecule has 0 unspecified atom stereocenters. The van der Waals surface area contributed by atoms with Gasteiger partial charge in [-0.3, -0.25) is 0 Å². The van der Waals surface area contributed by atoms with Gasteiger partial charge in [0.2, 0.25) is 0 Å². The number of benzene rings is 1. The lowest BCUT2D eigenvalue weighted by atomic mass is 9.98. The Kier molecular flexibility index (Phi) is 10.1. The second-order valence-corrected chi connectivity index (χ2v) is 5.43. The second-order valence-electron chi connectivity index (χ2n) is 5.18. The van der Waals surface area contributed by atoms with Crippen molar-refractivity contribution in [3.63, 3.8) is 0 Å². The maximum absolute atomic E-state index is 5.70. The molecule has 4 nitrogen and oxygen atoms in total. The highest BCUT2D eigenvalue weighted by atomic mass is 35.5. The minimum Gasteiger partial charge on any atom is -0.359 e. The van der Waals surface area contributed by atoms with Crippen LogP contribution >= 0.6 is 11.6 Å². The van der Waals surface area contributed by atoms with Crippen LogP contribution in [0, 0.1) is 0 Å². The Hall–Kier alpha value is -0.910. The molecule has 1 aromatic rings. The van der Waals surface area contributed by atoms with E-state index in [1.807, 2.05) is 43.3 Å². The molecule has 0 spiro atoms. The topological polar surface area (TPSA) is 36.9 Å². The van der Waals surface area contributed by atoms with Crippen molar-refractivity contribution in [1.29, 1.82) is 0 Å². The van der Waals surface area contributed by atoms with Crippen LogP contribution < -0.4 is 0 Å². The smallest absolute Gasteiger partial charge is 0.147 e. The average molecular weight is 329 g/mol. The van der Waals surface area contributed by atoms with E-state index >= 15 is 0 Å². The van der Waals surface area contributed by atoms with E-state index in [2.05, 4.69) is 0 Å². The summed E-state index contributed by atoms with van der Waals surface area (Å²) in [7, 11) is 1.60. The average Bonchev–Trinajstić information content (AvgIpc) is 2.55. The van der Waals surface area contributed by atoms with E-state index in [1.54, 1.807) is 7.11 Å². The van der Waals surface area contributed by atoms with E-state index < -0.39 is 0 Å². The highest BCUT2D eigenvalue weighted by Gasteiger charge is 2.23. The van der Waals surface area contributed by atoms with Crippen LogP contribution in [0.5, 0.6) is 0 Å². The number of hydrogen-bond donors (Lipinski definition) is 0. The van der Waals surface area contributed by atoms with Crippen LogP contribution in [0.2, 0.25) is 0 Å². The third-order valence-electron chi connectivity index (χ3n) is 3.22. The fourth-order valence-electron chi connectivity index (χ4n) is 1.87. The molecule has 0 heterocycles. The standard InChI is InChI=1S/C17H25ClO4/c1-17(9-6-11-18,22-14-19-2)10-12-20-15-21-13-16-7-4-3-5-8-16/h3-8,11H,9-10,12-15H2,1-2H3/b11-6+/t17-/m0/s1. The lowest BCUT2D eigenvalue weighted by molar-refractivity contribution is -0.138. The van der Waals surface area contributed by atoms with Crippen molar-refractivity contribution in [1.82, 2.24) is 0 Å². The van der Waals surface area contributed by atoms with Gasteiger partial charge < -0.3 is 18.9 Å². The summed E-state index contributed by atoms with van der Waals surface area (Å²) in [6, 6.07) is 10.0. The molecule has 0 radical (unpaired) electrons. The molecule has 0 N–H and O–H groups in total. The van der Waals surface area contributed by atoms with E-state index in [1.165, 1.54) is 5.54 Å². The van der Waals surface area contributed by atoms with Crippen molar-refractivity contribution >= 4 is 11.6 Å². The Bertz CT molecular complexity index is 410. The summed E-state index contributed by atoms with van der Waals surface area (Å²) in [4.78, 5) is 0. The fraction of sp³-hybridized carbons (Fsp3) is 0.529. The summed E-state index contributed by atoms with van der Waals surface area (Å²) in [5, 5.41) is 0. The summed E-state index contributed by atoms with van der Waals surface area (Å²) in [5.41, 5.74) is 2.27. The molecule has 1 atom stereocenters. The van der Waals surface area contributed by atoms with Crippen LogP contribution in [-0.4, -0.2) is 32.9 Å². The molecular weight excluding hydrogens is 304 g/mol. The molecule has 1 rings (SSSR count). The molecule has 0 saturated heterocycles. The molecule has 1 aromatic carbocycles. The molecule has 0 aliphatic heterocycles. The van der Waals surface area contributed by atoms with E-state index in [9.17, 15) is 0 Å². The van der Waals surface area contributed by atoms with E-state index in [-0.39, 0.29) is 19.2 Å². The van der Waals surface area contributed by atoms with Gasteiger partial charge in [0.05, 0.1) is 18.8 Å². The van der Waals surface area contributed by atoms with Gasteiger partial charge in [-0.1, -0.05) is 48.0 Å². The largest absolute Gasteiger partial charge is 0.359 e. The van der Waals surface area contributed by atoms with Crippen molar-refractivity contribution < 1.29 is 18.9 Å². The van der Waals surface area contributed by atoms with Gasteiger partial charge in [-0.15, -0.1) is 0 Å². The van der Waals surface area contributed by atoms with Gasteiger partial charge in [0.1, 0.15) is 13.6 Å². The summed E-state index contributed by atoms with van der Waals surface area (Å²) in [5.74, 6) is 0. The first-order chi connectivity index (χ1) is 10.7. The number of halogens is 1. The van der Waals surface area contributed by atoms with E-state index in [4.69, 9.17) is 30.5 Å². The maximum Gasteiger partial charge on any atom is 0.147 e. The van der Waals surface area contributed by atoms with Gasteiger partial charge in [0.15, 0.2) is 0 Å². The van der Waals surface area contributed by atoms with Gasteiger partial charge in [-0.25, -0.2) is 0 Å². The molecule has 0 aromatic heterocycles. The first kappa shape index (κ1) is 19.1. The van der Waals surface area contributed by atoms with Crippen molar-refractivity contribution in [2.75, 3.05) is 27.3 Å². The molecular formula is C17H25ClO4. The number of methoxy groups -OCH3 is 1. The highest BCUT2D eigenvalue weighted by Crippen LogP contribution is 2.21. The van der Waals surface area contributed by atoms with E-state index in [0.29, 0.717) is 19.6 Å². The molecule has 0 fully saturated rings. The normalized spacial score (nSPS) is 14.3. The first-order valence-corrected chi connectivity index (χ1v) is 7.71. The summed E-state index contributed by atoms with van der Waals surface area (Å²) in [6.07, 6.45) is 3.30. The summed E-state index contributed by atoms with van der Waals surface area (Å²) in [6.45, 7) is 3.62. The first-order valence-electron chi connectivity index (χ1n) is 7.28. The monoisotopic (exact) mass is 328 g/mol. The molecule has 0 aliphatic rings. The third-order valence-corrected chi connectivity index (χ3v) is 3.40. The van der Waals surface area contributed by atoms with Crippen LogP contribution in [-0.2, 0) is 25.6 Å². The van der Waals surface area contributed by atoms with Gasteiger partial charge in [0.25, 0.3) is 0 Å². The van der Waals surface area contributed by atoms with Crippen molar-refractivity contribution in [2.24, 2.45) is 0 Å². The van der Waals surface area contributed by atoms with E-state index in [0.717, 1.165) is 12.0 Å². The fourth-order valence-corrected chi connectivity index (χ4v) is 1.96. The van der Waals surface area contributed by atoms with Gasteiger partial charge >= 0.3 is 0 Å². The SMILES string of the molecule is COCO[C@@](C)(C/C=C/Cl)CCOCOCc1ccccc1. The van der Waals surface area contributed by atoms with Gasteiger partial charge in [-0.05, 0) is 18.9 Å². The number of hydrogen-bond acceptors (Lipinski definition) is 4. The van der Waals surface area contributed by atoms with Gasteiger partial charge in [-0.2, -0.15) is 0 Å².